The molecule has 10 heteroatoms. The minimum atomic E-state index is -1.35. The third kappa shape index (κ3) is 2.92. The fourth-order valence-electron chi connectivity index (χ4n) is 3.25. The molecular formula is C17H19N5O5. The Kier molecular flexibility index (Phi) is 4.48. The van der Waals surface area contributed by atoms with Crippen molar-refractivity contribution in [2.75, 3.05) is 6.61 Å². The summed E-state index contributed by atoms with van der Waals surface area (Å²) in [6.07, 6.45) is -4.72. The highest BCUT2D eigenvalue weighted by molar-refractivity contribution is 5.75. The average molecular weight is 373 g/mol. The van der Waals surface area contributed by atoms with E-state index in [4.69, 9.17) is 4.74 Å². The molecule has 1 fully saturated rings. The van der Waals surface area contributed by atoms with E-state index in [0.29, 0.717) is 11.2 Å². The third-order valence-corrected chi connectivity index (χ3v) is 4.68. The van der Waals surface area contributed by atoms with Crippen LogP contribution < -0.4 is 5.56 Å². The van der Waals surface area contributed by atoms with Crippen molar-refractivity contribution < 1.29 is 20.1 Å². The molecule has 27 heavy (non-hydrogen) atoms. The lowest BCUT2D eigenvalue weighted by Crippen LogP contribution is -2.34. The Balaban J connectivity index is 1.80. The fraction of sp³-hybridized carbons (Fsp3) is 0.412. The number of aryl methyl sites for hydroxylation is 1. The number of nitrogens with zero attached hydrogens (tertiary/aromatic N) is 5. The van der Waals surface area contributed by atoms with Crippen LogP contribution in [0.25, 0.3) is 11.0 Å². The molecule has 0 amide bonds. The summed E-state index contributed by atoms with van der Waals surface area (Å²) >= 11 is 0. The number of aliphatic hydroxyl groups is 3. The van der Waals surface area contributed by atoms with Crippen molar-refractivity contribution in [1.29, 1.82) is 0 Å². The van der Waals surface area contributed by atoms with Crippen molar-refractivity contribution >= 4 is 11.0 Å². The van der Waals surface area contributed by atoms with E-state index >= 15 is 0 Å². The Morgan fingerprint density at radius 3 is 2.59 bits per heavy atom. The van der Waals surface area contributed by atoms with E-state index < -0.39 is 36.7 Å². The average Bonchev–Trinajstić information content (AvgIpc) is 3.16. The van der Waals surface area contributed by atoms with E-state index in [1.165, 1.54) is 9.36 Å². The van der Waals surface area contributed by atoms with Crippen LogP contribution in [0.15, 0.2) is 35.1 Å². The van der Waals surface area contributed by atoms with E-state index in [1.807, 2.05) is 30.3 Å². The van der Waals surface area contributed by atoms with Crippen molar-refractivity contribution in [3.05, 3.63) is 51.9 Å². The normalized spacial score (nSPS) is 25.3. The van der Waals surface area contributed by atoms with E-state index in [0.717, 1.165) is 5.56 Å². The van der Waals surface area contributed by atoms with E-state index in [2.05, 4.69) is 15.4 Å². The lowest BCUT2D eigenvalue weighted by atomic mass is 10.1. The first-order valence-corrected chi connectivity index (χ1v) is 8.50. The zero-order chi connectivity index (χ0) is 19.1. The molecule has 0 unspecified atom stereocenters. The van der Waals surface area contributed by atoms with Crippen LogP contribution in [0.4, 0.5) is 0 Å². The molecule has 1 aliphatic rings. The molecule has 1 aromatic carbocycles. The molecule has 0 bridgehead atoms. The summed E-state index contributed by atoms with van der Waals surface area (Å²) in [5, 5.41) is 41.9. The van der Waals surface area contributed by atoms with Gasteiger partial charge in [0.1, 0.15) is 23.8 Å². The van der Waals surface area contributed by atoms with E-state index in [9.17, 15) is 20.1 Å². The van der Waals surface area contributed by atoms with Gasteiger partial charge in [-0.05, 0) is 12.5 Å². The topological polar surface area (TPSA) is 136 Å². The van der Waals surface area contributed by atoms with Crippen LogP contribution in [-0.4, -0.2) is 65.0 Å². The second-order valence-corrected chi connectivity index (χ2v) is 6.49. The van der Waals surface area contributed by atoms with Crippen LogP contribution in [0.5, 0.6) is 0 Å². The van der Waals surface area contributed by atoms with Gasteiger partial charge in [0.05, 0.1) is 18.8 Å². The first-order valence-electron chi connectivity index (χ1n) is 8.50. The minimum Gasteiger partial charge on any atom is -0.394 e. The SMILES string of the molecule is Cc1nn([C@@H]2O[C@H](CO)[C@@H](O)[C@H]2O)c2c(=O)n(Cc3ccccc3)nnc12. The van der Waals surface area contributed by atoms with Crippen molar-refractivity contribution in [1.82, 2.24) is 24.8 Å². The number of ether oxygens (including phenoxy) is 1. The molecule has 4 atom stereocenters. The summed E-state index contributed by atoms with van der Waals surface area (Å²) < 4.78 is 7.93. The van der Waals surface area contributed by atoms with Crippen LogP contribution in [0.3, 0.4) is 0 Å². The molecular weight excluding hydrogens is 354 g/mol. The first-order chi connectivity index (χ1) is 13.0. The number of aromatic nitrogens is 5. The number of benzene rings is 1. The third-order valence-electron chi connectivity index (χ3n) is 4.68. The molecule has 4 rings (SSSR count). The zero-order valence-corrected chi connectivity index (χ0v) is 14.5. The van der Waals surface area contributed by atoms with Crippen molar-refractivity contribution in [3.8, 4) is 0 Å². The van der Waals surface area contributed by atoms with Crippen LogP contribution in [0.1, 0.15) is 17.5 Å². The maximum atomic E-state index is 13.0. The highest BCUT2D eigenvalue weighted by atomic mass is 16.6. The predicted molar refractivity (Wildman–Crippen MR) is 92.9 cm³/mol. The van der Waals surface area contributed by atoms with Gasteiger partial charge in [-0.3, -0.25) is 4.79 Å². The van der Waals surface area contributed by atoms with E-state index in [-0.39, 0.29) is 12.1 Å². The number of hydrogen-bond acceptors (Lipinski definition) is 8. The monoisotopic (exact) mass is 373 g/mol. The van der Waals surface area contributed by atoms with Gasteiger partial charge < -0.3 is 20.1 Å². The Hall–Kier alpha value is -2.66. The molecule has 0 radical (unpaired) electrons. The van der Waals surface area contributed by atoms with Crippen molar-refractivity contribution in [2.24, 2.45) is 0 Å². The van der Waals surface area contributed by atoms with E-state index in [1.54, 1.807) is 6.92 Å². The fourth-order valence-corrected chi connectivity index (χ4v) is 3.25. The summed E-state index contributed by atoms with van der Waals surface area (Å²) in [6.45, 7) is 1.42. The number of hydrogen-bond donors (Lipinski definition) is 3. The van der Waals surface area contributed by atoms with Gasteiger partial charge in [0, 0.05) is 0 Å². The van der Waals surface area contributed by atoms with Gasteiger partial charge in [-0.2, -0.15) is 5.10 Å². The van der Waals surface area contributed by atoms with Gasteiger partial charge in [-0.1, -0.05) is 35.5 Å². The maximum Gasteiger partial charge on any atom is 0.296 e. The molecule has 3 aromatic rings. The van der Waals surface area contributed by atoms with Crippen LogP contribution in [0.2, 0.25) is 0 Å². The molecule has 10 nitrogen and oxygen atoms in total. The molecule has 3 heterocycles. The Morgan fingerprint density at radius 1 is 1.19 bits per heavy atom. The Morgan fingerprint density at radius 2 is 1.93 bits per heavy atom. The largest absolute Gasteiger partial charge is 0.394 e. The molecule has 1 aliphatic heterocycles. The number of aliphatic hydroxyl groups excluding tert-OH is 3. The van der Waals surface area contributed by atoms with Gasteiger partial charge in [-0.25, -0.2) is 9.36 Å². The lowest BCUT2D eigenvalue weighted by molar-refractivity contribution is -0.0566. The molecule has 0 spiro atoms. The quantitative estimate of drug-likeness (QED) is 0.527. The van der Waals surface area contributed by atoms with Gasteiger partial charge in [-0.15, -0.1) is 5.10 Å². The van der Waals surface area contributed by atoms with Gasteiger partial charge in [0.25, 0.3) is 5.56 Å². The smallest absolute Gasteiger partial charge is 0.296 e. The molecule has 2 aromatic heterocycles. The van der Waals surface area contributed by atoms with Crippen LogP contribution in [0, 0.1) is 6.92 Å². The summed E-state index contributed by atoms with van der Waals surface area (Å²) in [5.74, 6) is 0. The maximum absolute atomic E-state index is 13.0. The highest BCUT2D eigenvalue weighted by Gasteiger charge is 2.44. The molecule has 142 valence electrons. The van der Waals surface area contributed by atoms with Crippen molar-refractivity contribution in [2.45, 2.75) is 38.0 Å². The van der Waals surface area contributed by atoms with Crippen LogP contribution >= 0.6 is 0 Å². The minimum absolute atomic E-state index is 0.119. The summed E-state index contributed by atoms with van der Waals surface area (Å²) in [6, 6.07) is 9.33. The first kappa shape index (κ1) is 17.7. The Labute approximate surface area is 153 Å². The van der Waals surface area contributed by atoms with Crippen LogP contribution in [-0.2, 0) is 11.3 Å². The molecule has 3 N–H and O–H groups in total. The second kappa shape index (κ2) is 6.82. The summed E-state index contributed by atoms with van der Waals surface area (Å²) in [5.41, 5.74) is 1.29. The predicted octanol–water partition coefficient (Wildman–Crippen LogP) is -1.04. The molecule has 1 saturated heterocycles. The van der Waals surface area contributed by atoms with Gasteiger partial charge in [0.2, 0.25) is 0 Å². The Bertz CT molecular complexity index is 1020. The second-order valence-electron chi connectivity index (χ2n) is 6.49. The molecule has 0 aliphatic carbocycles. The summed E-state index contributed by atoms with van der Waals surface area (Å²) in [7, 11) is 0. The number of rotatable bonds is 4. The zero-order valence-electron chi connectivity index (χ0n) is 14.5. The van der Waals surface area contributed by atoms with Gasteiger partial charge in [0.15, 0.2) is 11.7 Å². The molecule has 0 saturated carbocycles. The lowest BCUT2D eigenvalue weighted by Gasteiger charge is -2.16. The number of fused-ring (bicyclic) bond motifs is 1. The van der Waals surface area contributed by atoms with Crippen molar-refractivity contribution in [3.63, 3.8) is 0 Å². The highest BCUT2D eigenvalue weighted by Crippen LogP contribution is 2.30. The van der Waals surface area contributed by atoms with Gasteiger partial charge >= 0.3 is 0 Å². The standard InChI is InChI=1S/C17H19N5O5/c1-9-12-13(22(19-9)17-15(25)14(24)11(8-23)27-17)16(26)21(20-18-12)7-10-5-3-2-4-6-10/h2-6,11,14-15,17,23-25H,7-8H2,1H3/t11-,14-,15-,17-/m1/s1. The summed E-state index contributed by atoms with van der Waals surface area (Å²) in [4.78, 5) is 13.0.